The van der Waals surface area contributed by atoms with Crippen molar-refractivity contribution in [3.05, 3.63) is 24.2 Å². The van der Waals surface area contributed by atoms with Gasteiger partial charge < -0.3 is 14.6 Å². The van der Waals surface area contributed by atoms with E-state index in [2.05, 4.69) is 12.2 Å². The number of likely N-dealkylation sites (N-methyl/N-ethyl adjacent to an activating group) is 1. The molecule has 18 heavy (non-hydrogen) atoms. The van der Waals surface area contributed by atoms with Gasteiger partial charge in [-0.3, -0.25) is 4.79 Å². The van der Waals surface area contributed by atoms with Gasteiger partial charge in [-0.25, -0.2) is 0 Å². The van der Waals surface area contributed by atoms with Crippen LogP contribution in [-0.2, 0) is 11.3 Å². The smallest absolute Gasteiger partial charge is 0.240 e. The van der Waals surface area contributed by atoms with Crippen molar-refractivity contribution in [3.8, 4) is 0 Å². The molecule has 2 heterocycles. The number of furan rings is 1. The van der Waals surface area contributed by atoms with Gasteiger partial charge in [-0.1, -0.05) is 6.92 Å². The molecular weight excluding hydrogens is 228 g/mol. The van der Waals surface area contributed by atoms with E-state index in [4.69, 9.17) is 4.42 Å². The number of carbonyl (C=O) groups excluding carboxylic acids is 1. The van der Waals surface area contributed by atoms with Crippen LogP contribution in [-0.4, -0.2) is 29.9 Å². The Bertz CT molecular complexity index is 375. The maximum atomic E-state index is 12.5. The maximum absolute atomic E-state index is 12.5. The van der Waals surface area contributed by atoms with Crippen LogP contribution in [0, 0.1) is 5.92 Å². The average Bonchev–Trinajstić information content (AvgIpc) is 2.88. The van der Waals surface area contributed by atoms with Crippen molar-refractivity contribution in [1.82, 2.24) is 10.2 Å². The minimum absolute atomic E-state index is 0.0336. The SMILES string of the molecule is CCN(Cc1ccco1)C(=O)C1NCCCC1C. The van der Waals surface area contributed by atoms with Crippen LogP contribution in [0.3, 0.4) is 0 Å². The van der Waals surface area contributed by atoms with Gasteiger partial charge in [-0.05, 0) is 44.4 Å². The Balaban J connectivity index is 2.00. The van der Waals surface area contributed by atoms with Gasteiger partial charge in [0.15, 0.2) is 0 Å². The van der Waals surface area contributed by atoms with E-state index in [0.717, 1.165) is 25.1 Å². The second kappa shape index (κ2) is 6.05. The first kappa shape index (κ1) is 13.1. The summed E-state index contributed by atoms with van der Waals surface area (Å²) in [5.74, 6) is 1.45. The molecule has 1 aliphatic heterocycles. The molecule has 0 bridgehead atoms. The first-order chi connectivity index (χ1) is 8.72. The summed E-state index contributed by atoms with van der Waals surface area (Å²) >= 11 is 0. The third-order valence-electron chi connectivity index (χ3n) is 3.66. The van der Waals surface area contributed by atoms with Gasteiger partial charge in [-0.2, -0.15) is 0 Å². The number of piperidine rings is 1. The van der Waals surface area contributed by atoms with E-state index in [1.807, 2.05) is 24.0 Å². The van der Waals surface area contributed by atoms with Crippen LogP contribution in [0.1, 0.15) is 32.4 Å². The lowest BCUT2D eigenvalue weighted by Crippen LogP contribution is -2.52. The highest BCUT2D eigenvalue weighted by Crippen LogP contribution is 2.18. The molecule has 1 aromatic rings. The topological polar surface area (TPSA) is 45.5 Å². The highest BCUT2D eigenvalue weighted by molar-refractivity contribution is 5.82. The number of carbonyl (C=O) groups is 1. The Hall–Kier alpha value is -1.29. The van der Waals surface area contributed by atoms with Gasteiger partial charge in [0.05, 0.1) is 18.8 Å². The van der Waals surface area contributed by atoms with Crippen molar-refractivity contribution in [1.29, 1.82) is 0 Å². The molecule has 1 N–H and O–H groups in total. The summed E-state index contributed by atoms with van der Waals surface area (Å²) in [5.41, 5.74) is 0. The van der Waals surface area contributed by atoms with Gasteiger partial charge in [0.25, 0.3) is 0 Å². The summed E-state index contributed by atoms with van der Waals surface area (Å²) in [6, 6.07) is 3.73. The van der Waals surface area contributed by atoms with E-state index < -0.39 is 0 Å². The molecule has 1 aliphatic rings. The summed E-state index contributed by atoms with van der Waals surface area (Å²) in [6.45, 7) is 6.38. The highest BCUT2D eigenvalue weighted by Gasteiger charge is 2.30. The molecule has 1 aromatic heterocycles. The van der Waals surface area contributed by atoms with E-state index in [9.17, 15) is 4.79 Å². The quantitative estimate of drug-likeness (QED) is 0.889. The lowest BCUT2D eigenvalue weighted by Gasteiger charge is -2.33. The standard InChI is InChI=1S/C14H22N2O2/c1-3-16(10-12-7-5-9-18-12)14(17)13-11(2)6-4-8-15-13/h5,7,9,11,13,15H,3-4,6,8,10H2,1-2H3. The number of nitrogens with zero attached hydrogens (tertiary/aromatic N) is 1. The fraction of sp³-hybridized carbons (Fsp3) is 0.643. The molecule has 1 saturated heterocycles. The van der Waals surface area contributed by atoms with Crippen molar-refractivity contribution in [3.63, 3.8) is 0 Å². The molecule has 0 aliphatic carbocycles. The normalized spacial score (nSPS) is 23.9. The summed E-state index contributed by atoms with van der Waals surface area (Å²) < 4.78 is 5.32. The van der Waals surface area contributed by atoms with E-state index in [-0.39, 0.29) is 11.9 Å². The molecule has 2 unspecified atom stereocenters. The molecule has 4 nitrogen and oxygen atoms in total. The fourth-order valence-corrected chi connectivity index (χ4v) is 2.51. The van der Waals surface area contributed by atoms with E-state index in [1.165, 1.54) is 0 Å². The number of hydrogen-bond donors (Lipinski definition) is 1. The zero-order valence-electron chi connectivity index (χ0n) is 11.2. The number of rotatable bonds is 4. The Morgan fingerprint density at radius 1 is 1.61 bits per heavy atom. The van der Waals surface area contributed by atoms with E-state index >= 15 is 0 Å². The van der Waals surface area contributed by atoms with Gasteiger partial charge in [0.2, 0.25) is 5.91 Å². The molecular formula is C14H22N2O2. The van der Waals surface area contributed by atoms with Crippen LogP contribution in [0.25, 0.3) is 0 Å². The summed E-state index contributed by atoms with van der Waals surface area (Å²) in [5, 5.41) is 3.34. The molecule has 0 spiro atoms. The van der Waals surface area contributed by atoms with Crippen LogP contribution in [0.4, 0.5) is 0 Å². The van der Waals surface area contributed by atoms with Crippen LogP contribution in [0.5, 0.6) is 0 Å². The Labute approximate surface area is 108 Å². The molecule has 4 heteroatoms. The maximum Gasteiger partial charge on any atom is 0.240 e. The highest BCUT2D eigenvalue weighted by atomic mass is 16.3. The van der Waals surface area contributed by atoms with Crippen molar-refractivity contribution in [2.24, 2.45) is 5.92 Å². The molecule has 1 amide bonds. The molecule has 0 saturated carbocycles. The first-order valence-electron chi connectivity index (χ1n) is 6.77. The number of hydrogen-bond acceptors (Lipinski definition) is 3. The van der Waals surface area contributed by atoms with Crippen molar-refractivity contribution in [2.45, 2.75) is 39.3 Å². The molecule has 2 rings (SSSR count). The second-order valence-electron chi connectivity index (χ2n) is 4.98. The van der Waals surface area contributed by atoms with Gasteiger partial charge >= 0.3 is 0 Å². The zero-order chi connectivity index (χ0) is 13.0. The van der Waals surface area contributed by atoms with Crippen molar-refractivity contribution < 1.29 is 9.21 Å². The number of amides is 1. The van der Waals surface area contributed by atoms with Crippen molar-refractivity contribution >= 4 is 5.91 Å². The molecule has 0 aromatic carbocycles. The van der Waals surface area contributed by atoms with Crippen LogP contribution >= 0.6 is 0 Å². The molecule has 100 valence electrons. The van der Waals surface area contributed by atoms with Gasteiger partial charge in [0, 0.05) is 6.54 Å². The molecule has 1 fully saturated rings. The fourth-order valence-electron chi connectivity index (χ4n) is 2.51. The third-order valence-corrected chi connectivity index (χ3v) is 3.66. The largest absolute Gasteiger partial charge is 0.467 e. The minimum atomic E-state index is -0.0336. The zero-order valence-corrected chi connectivity index (χ0v) is 11.2. The van der Waals surface area contributed by atoms with Gasteiger partial charge in [-0.15, -0.1) is 0 Å². The Morgan fingerprint density at radius 2 is 2.44 bits per heavy atom. The van der Waals surface area contributed by atoms with Gasteiger partial charge in [0.1, 0.15) is 5.76 Å². The van der Waals surface area contributed by atoms with Crippen LogP contribution < -0.4 is 5.32 Å². The Kier molecular flexibility index (Phi) is 4.42. The Morgan fingerprint density at radius 3 is 3.06 bits per heavy atom. The van der Waals surface area contributed by atoms with E-state index in [1.54, 1.807) is 6.26 Å². The molecule has 0 radical (unpaired) electrons. The van der Waals surface area contributed by atoms with Crippen LogP contribution in [0.15, 0.2) is 22.8 Å². The predicted octanol–water partition coefficient (Wildman–Crippen LogP) is 2.02. The lowest BCUT2D eigenvalue weighted by molar-refractivity contribution is -0.136. The number of nitrogens with one attached hydrogen (secondary N) is 1. The third kappa shape index (κ3) is 2.93. The lowest BCUT2D eigenvalue weighted by atomic mass is 9.92. The first-order valence-corrected chi connectivity index (χ1v) is 6.77. The summed E-state index contributed by atoms with van der Waals surface area (Å²) in [6.07, 6.45) is 3.94. The monoisotopic (exact) mass is 250 g/mol. The van der Waals surface area contributed by atoms with Crippen LogP contribution in [0.2, 0.25) is 0 Å². The van der Waals surface area contributed by atoms with Crippen molar-refractivity contribution in [2.75, 3.05) is 13.1 Å². The second-order valence-corrected chi connectivity index (χ2v) is 4.98. The van der Waals surface area contributed by atoms with E-state index in [0.29, 0.717) is 19.0 Å². The summed E-state index contributed by atoms with van der Waals surface area (Å²) in [7, 11) is 0. The summed E-state index contributed by atoms with van der Waals surface area (Å²) in [4.78, 5) is 14.3. The minimum Gasteiger partial charge on any atom is -0.467 e. The average molecular weight is 250 g/mol. The molecule has 2 atom stereocenters. The predicted molar refractivity (Wildman–Crippen MR) is 70.0 cm³/mol.